The number of alkyl halides is 6. The Bertz CT molecular complexity index is 1600. The number of carbonyl (C=O) groups excluding carboxylic acids is 1. The number of aryl methyl sites for hydroxylation is 1. The number of hydrogen-bond acceptors (Lipinski definition) is 6. The van der Waals surface area contributed by atoms with E-state index in [0.717, 1.165) is 31.4 Å². The number of aliphatic carboxylic acids is 1. The Labute approximate surface area is 273 Å². The highest BCUT2D eigenvalue weighted by atomic mass is 19.4. The molecule has 48 heavy (non-hydrogen) atoms. The summed E-state index contributed by atoms with van der Waals surface area (Å²) in [5.74, 6) is 0.0806. The van der Waals surface area contributed by atoms with Crippen LogP contribution in [0.3, 0.4) is 0 Å². The van der Waals surface area contributed by atoms with E-state index < -0.39 is 53.3 Å². The second kappa shape index (κ2) is 13.7. The topological polar surface area (TPSA) is 101 Å². The summed E-state index contributed by atoms with van der Waals surface area (Å²) in [6.45, 7) is 4.43. The molecule has 1 N–H and O–H groups in total. The Morgan fingerprint density at radius 1 is 1.04 bits per heavy atom. The van der Waals surface area contributed by atoms with Gasteiger partial charge in [0.05, 0.1) is 35.6 Å². The van der Waals surface area contributed by atoms with Gasteiger partial charge in [-0.1, -0.05) is 0 Å². The van der Waals surface area contributed by atoms with Gasteiger partial charge in [0.1, 0.15) is 17.5 Å². The average Bonchev–Trinajstić information content (AvgIpc) is 3.57. The molecule has 2 aliphatic rings. The van der Waals surface area contributed by atoms with Crippen molar-refractivity contribution in [3.05, 3.63) is 65.1 Å². The van der Waals surface area contributed by atoms with Crippen molar-refractivity contribution in [2.24, 2.45) is 18.9 Å². The zero-order chi connectivity index (χ0) is 35.0. The Kier molecular flexibility index (Phi) is 9.97. The number of benzene rings is 1. The number of hydrogen-bond donors (Lipinski definition) is 1. The van der Waals surface area contributed by atoms with E-state index >= 15 is 0 Å². The van der Waals surface area contributed by atoms with Crippen LogP contribution in [-0.4, -0.2) is 55.7 Å². The predicted molar refractivity (Wildman–Crippen MR) is 163 cm³/mol. The Hall–Kier alpha value is -4.30. The van der Waals surface area contributed by atoms with Crippen molar-refractivity contribution >= 4 is 17.9 Å². The van der Waals surface area contributed by atoms with Gasteiger partial charge in [-0.25, -0.2) is 14.8 Å². The fourth-order valence-electron chi connectivity index (χ4n) is 6.65. The molecule has 1 aliphatic heterocycles. The molecule has 1 aliphatic carbocycles. The lowest BCUT2D eigenvalue weighted by molar-refractivity contribution is -0.143. The number of rotatable bonds is 10. The molecule has 1 unspecified atom stereocenters. The van der Waals surface area contributed by atoms with E-state index in [1.807, 2.05) is 41.8 Å². The fourth-order valence-corrected chi connectivity index (χ4v) is 6.65. The number of halogens is 6. The molecule has 0 spiro atoms. The van der Waals surface area contributed by atoms with Gasteiger partial charge in [0.25, 0.3) is 0 Å². The van der Waals surface area contributed by atoms with Crippen LogP contribution in [-0.2, 0) is 35.5 Å². The van der Waals surface area contributed by atoms with Gasteiger partial charge in [0, 0.05) is 32.8 Å². The average molecular weight is 682 g/mol. The van der Waals surface area contributed by atoms with Crippen molar-refractivity contribution < 1.29 is 45.8 Å². The molecule has 2 fully saturated rings. The zero-order valence-corrected chi connectivity index (χ0v) is 26.7. The first-order valence-electron chi connectivity index (χ1n) is 15.8. The summed E-state index contributed by atoms with van der Waals surface area (Å²) in [6, 6.07) is 3.93. The molecule has 5 rings (SSSR count). The van der Waals surface area contributed by atoms with Crippen LogP contribution >= 0.6 is 0 Å². The van der Waals surface area contributed by atoms with E-state index in [1.165, 1.54) is 11.8 Å². The van der Waals surface area contributed by atoms with Gasteiger partial charge in [0.2, 0.25) is 0 Å². The fraction of sp³-hybridized carbons (Fsp3) is 0.515. The standard InChI is InChI=1S/C33H37F6N5O4/c1-4-43(17-21-9-7-20(8-10-21)12-28(45)46)30-26(41-25(16-40-30)27-6-5-11-42(27)3)18-44-19(2)29(48-31(44)47)22-13-23(32(34,35)36)15-24(14-22)33(37,38)39/h5-6,11,13-16,19-21,29H,4,7-10,12,17-18H2,1-3H3,(H,45,46)/t19-,20-,21-,29?/m0/s1. The second-order valence-corrected chi connectivity index (χ2v) is 12.6. The summed E-state index contributed by atoms with van der Waals surface area (Å²) < 4.78 is 88.9. The van der Waals surface area contributed by atoms with Crippen molar-refractivity contribution in [1.29, 1.82) is 0 Å². The molecule has 1 saturated carbocycles. The van der Waals surface area contributed by atoms with E-state index in [2.05, 4.69) is 0 Å². The molecule has 9 nitrogen and oxygen atoms in total. The maximum Gasteiger partial charge on any atom is 0.416 e. The monoisotopic (exact) mass is 681 g/mol. The van der Waals surface area contributed by atoms with Gasteiger partial charge in [-0.15, -0.1) is 0 Å². The van der Waals surface area contributed by atoms with Gasteiger partial charge in [-0.2, -0.15) is 26.3 Å². The third-order valence-electron chi connectivity index (χ3n) is 9.27. The summed E-state index contributed by atoms with van der Waals surface area (Å²) in [5.41, 5.74) is -1.76. The molecular formula is C33H37F6N5O4. The molecule has 1 aromatic carbocycles. The number of carboxylic acid groups (broad SMARTS) is 1. The van der Waals surface area contributed by atoms with Crippen molar-refractivity contribution in [3.8, 4) is 11.4 Å². The molecule has 2 atom stereocenters. The number of cyclic esters (lactones) is 1. The molecule has 15 heteroatoms. The molecule has 0 bridgehead atoms. The molecule has 260 valence electrons. The first kappa shape index (κ1) is 35.0. The molecule has 3 aromatic rings. The summed E-state index contributed by atoms with van der Waals surface area (Å²) in [5, 5.41) is 9.17. The Balaban J connectivity index is 1.45. The minimum Gasteiger partial charge on any atom is -0.481 e. The third-order valence-corrected chi connectivity index (χ3v) is 9.27. The molecular weight excluding hydrogens is 644 g/mol. The first-order valence-corrected chi connectivity index (χ1v) is 15.8. The molecule has 0 radical (unpaired) electrons. The Morgan fingerprint density at radius 2 is 1.67 bits per heavy atom. The van der Waals surface area contributed by atoms with E-state index in [4.69, 9.17) is 14.7 Å². The van der Waals surface area contributed by atoms with Crippen molar-refractivity contribution in [3.63, 3.8) is 0 Å². The lowest BCUT2D eigenvalue weighted by atomic mass is 9.80. The van der Waals surface area contributed by atoms with E-state index in [0.29, 0.717) is 42.4 Å². The molecule has 1 amide bonds. The van der Waals surface area contributed by atoms with Gasteiger partial charge < -0.3 is 19.3 Å². The maximum atomic E-state index is 13.6. The number of ether oxygens (including phenoxy) is 1. The number of nitrogens with zero attached hydrogens (tertiary/aromatic N) is 5. The highest BCUT2D eigenvalue weighted by molar-refractivity contribution is 5.71. The summed E-state index contributed by atoms with van der Waals surface area (Å²) >= 11 is 0. The minimum absolute atomic E-state index is 0.0393. The maximum absolute atomic E-state index is 13.6. The summed E-state index contributed by atoms with van der Waals surface area (Å²) in [4.78, 5) is 37.3. The second-order valence-electron chi connectivity index (χ2n) is 12.6. The number of carbonyl (C=O) groups is 2. The Morgan fingerprint density at radius 3 is 2.21 bits per heavy atom. The molecule has 3 heterocycles. The lowest BCUT2D eigenvalue weighted by Crippen LogP contribution is -2.36. The zero-order valence-electron chi connectivity index (χ0n) is 26.7. The molecule has 1 saturated heterocycles. The van der Waals surface area contributed by atoms with E-state index in [9.17, 15) is 41.0 Å². The van der Waals surface area contributed by atoms with Crippen molar-refractivity contribution in [2.45, 2.75) is 77.0 Å². The van der Waals surface area contributed by atoms with Gasteiger partial charge in [-0.05, 0) is 87.3 Å². The van der Waals surface area contributed by atoms with Crippen molar-refractivity contribution in [1.82, 2.24) is 19.4 Å². The highest BCUT2D eigenvalue weighted by Gasteiger charge is 2.44. The van der Waals surface area contributed by atoms with Gasteiger partial charge >= 0.3 is 24.4 Å². The summed E-state index contributed by atoms with van der Waals surface area (Å²) in [7, 11) is 1.83. The predicted octanol–water partition coefficient (Wildman–Crippen LogP) is 7.71. The van der Waals surface area contributed by atoms with Crippen LogP contribution in [0.4, 0.5) is 37.0 Å². The summed E-state index contributed by atoms with van der Waals surface area (Å²) in [6.07, 6.45) is -5.55. The number of anilines is 1. The van der Waals surface area contributed by atoms with Gasteiger partial charge in [-0.3, -0.25) is 9.69 Å². The van der Waals surface area contributed by atoms with Crippen LogP contribution in [0.15, 0.2) is 42.7 Å². The van der Waals surface area contributed by atoms with Crippen LogP contribution in [0.2, 0.25) is 0 Å². The van der Waals surface area contributed by atoms with Crippen LogP contribution in [0, 0.1) is 11.8 Å². The smallest absolute Gasteiger partial charge is 0.416 e. The van der Waals surface area contributed by atoms with Crippen molar-refractivity contribution in [2.75, 3.05) is 18.0 Å². The van der Waals surface area contributed by atoms with Crippen LogP contribution in [0.1, 0.15) is 74.4 Å². The van der Waals surface area contributed by atoms with E-state index in [-0.39, 0.29) is 30.9 Å². The normalized spacial score (nSPS) is 21.8. The largest absolute Gasteiger partial charge is 0.481 e. The van der Waals surface area contributed by atoms with E-state index in [1.54, 1.807) is 6.20 Å². The van der Waals surface area contributed by atoms with Crippen LogP contribution < -0.4 is 4.90 Å². The SMILES string of the molecule is CCN(C[C@H]1CC[C@H](CC(=O)O)CC1)c1ncc(-c2cccn2C)nc1CN1C(=O)OC(c2cc(C(F)(F)F)cc(C(F)(F)F)c2)[C@@H]1C. The van der Waals surface area contributed by atoms with Crippen LogP contribution in [0.25, 0.3) is 11.4 Å². The number of aromatic nitrogens is 3. The van der Waals surface area contributed by atoms with Gasteiger partial charge in [0.15, 0.2) is 5.82 Å². The lowest BCUT2D eigenvalue weighted by Gasteiger charge is -2.33. The highest BCUT2D eigenvalue weighted by Crippen LogP contribution is 2.41. The first-order chi connectivity index (χ1) is 22.5. The number of amides is 1. The minimum atomic E-state index is -5.05. The molecule has 2 aromatic heterocycles. The van der Waals surface area contributed by atoms with Crippen LogP contribution in [0.5, 0.6) is 0 Å². The quantitative estimate of drug-likeness (QED) is 0.219. The number of carboxylic acids is 1. The third kappa shape index (κ3) is 7.70.